The number of benzene rings is 1. The molecule has 0 aliphatic rings. The van der Waals surface area contributed by atoms with E-state index in [0.717, 1.165) is 31.6 Å². The minimum absolute atomic E-state index is 0.0883. The Bertz CT molecular complexity index is 1260. The molecule has 0 aliphatic heterocycles. The fourth-order valence-electron chi connectivity index (χ4n) is 3.16. The van der Waals surface area contributed by atoms with E-state index in [1.807, 2.05) is 56.4 Å². The number of aryl methyl sites for hydroxylation is 3. The second kappa shape index (κ2) is 9.45. The molecule has 1 aromatic carbocycles. The molecule has 158 valence electrons. The normalized spacial score (nSPS) is 11.0. The Labute approximate surface area is 188 Å². The van der Waals surface area contributed by atoms with Crippen molar-refractivity contribution in [2.45, 2.75) is 37.5 Å². The number of fused-ring (bicyclic) bond motifs is 1. The van der Waals surface area contributed by atoms with Crippen LogP contribution in [0.25, 0.3) is 10.2 Å². The highest BCUT2D eigenvalue weighted by Crippen LogP contribution is 2.26. The Hall–Kier alpha value is -2.97. The monoisotopic (exact) mass is 450 g/mol. The standard InChI is InChI=1S/C23H22N4O2S2/c1-15-16(2)31-22-21(15)23(29)27(14-25-22)11-9-20(28)26-18-5-7-19(8-6-18)30-13-17-4-3-10-24-12-17/h3-8,10,12,14H,9,11,13H2,1-2H3,(H,26,28). The van der Waals surface area contributed by atoms with E-state index in [1.165, 1.54) is 27.8 Å². The van der Waals surface area contributed by atoms with Gasteiger partial charge in [0, 0.05) is 46.6 Å². The van der Waals surface area contributed by atoms with Gasteiger partial charge in [-0.2, -0.15) is 0 Å². The number of pyridine rings is 1. The summed E-state index contributed by atoms with van der Waals surface area (Å²) in [5, 5.41) is 3.55. The third-order valence-electron chi connectivity index (χ3n) is 5.00. The van der Waals surface area contributed by atoms with Gasteiger partial charge < -0.3 is 5.32 Å². The molecule has 4 rings (SSSR count). The molecule has 1 N–H and O–H groups in total. The summed E-state index contributed by atoms with van der Waals surface area (Å²) in [6, 6.07) is 11.7. The van der Waals surface area contributed by atoms with Crippen molar-refractivity contribution >= 4 is 44.9 Å². The molecule has 8 heteroatoms. The van der Waals surface area contributed by atoms with E-state index in [-0.39, 0.29) is 17.9 Å². The Morgan fingerprint density at radius 1 is 1.19 bits per heavy atom. The van der Waals surface area contributed by atoms with Gasteiger partial charge in [0.15, 0.2) is 0 Å². The Balaban J connectivity index is 1.33. The quantitative estimate of drug-likeness (QED) is 0.410. The molecule has 3 aromatic heterocycles. The van der Waals surface area contributed by atoms with E-state index in [4.69, 9.17) is 0 Å². The minimum atomic E-state index is -0.138. The zero-order chi connectivity index (χ0) is 21.8. The van der Waals surface area contributed by atoms with E-state index in [2.05, 4.69) is 15.3 Å². The van der Waals surface area contributed by atoms with Gasteiger partial charge >= 0.3 is 0 Å². The maximum Gasteiger partial charge on any atom is 0.262 e. The predicted octanol–water partition coefficient (Wildman–Crippen LogP) is 4.79. The van der Waals surface area contributed by atoms with Crippen LogP contribution < -0.4 is 10.9 Å². The molecule has 0 aliphatic carbocycles. The van der Waals surface area contributed by atoms with Crippen molar-refractivity contribution in [3.05, 3.63) is 81.5 Å². The van der Waals surface area contributed by atoms with E-state index >= 15 is 0 Å². The Morgan fingerprint density at radius 2 is 2.00 bits per heavy atom. The number of thiophene rings is 1. The third kappa shape index (κ3) is 5.03. The number of aromatic nitrogens is 3. The van der Waals surface area contributed by atoms with Gasteiger partial charge in [0.05, 0.1) is 11.7 Å². The lowest BCUT2D eigenvalue weighted by molar-refractivity contribution is -0.116. The average molecular weight is 451 g/mol. The van der Waals surface area contributed by atoms with Crippen molar-refractivity contribution in [2.24, 2.45) is 0 Å². The van der Waals surface area contributed by atoms with Crippen LogP contribution >= 0.6 is 23.1 Å². The lowest BCUT2D eigenvalue weighted by Gasteiger charge is -2.08. The number of thioether (sulfide) groups is 1. The number of carbonyl (C=O) groups is 1. The molecule has 6 nitrogen and oxygen atoms in total. The van der Waals surface area contributed by atoms with E-state index < -0.39 is 0 Å². The summed E-state index contributed by atoms with van der Waals surface area (Å²) in [4.78, 5) is 36.6. The number of carbonyl (C=O) groups excluding carboxylic acids is 1. The lowest BCUT2D eigenvalue weighted by Crippen LogP contribution is -2.23. The molecule has 31 heavy (non-hydrogen) atoms. The molecule has 4 aromatic rings. The second-order valence-electron chi connectivity index (χ2n) is 7.18. The van der Waals surface area contributed by atoms with Crippen LogP contribution in [-0.2, 0) is 17.1 Å². The molecule has 0 saturated heterocycles. The summed E-state index contributed by atoms with van der Waals surface area (Å²) in [6.45, 7) is 4.22. The zero-order valence-electron chi connectivity index (χ0n) is 17.3. The summed E-state index contributed by atoms with van der Waals surface area (Å²) in [6.07, 6.45) is 5.36. The third-order valence-corrected chi connectivity index (χ3v) is 7.20. The SMILES string of the molecule is Cc1sc2ncn(CCC(=O)Nc3ccc(SCc4cccnc4)cc3)c(=O)c2c1C. The van der Waals surface area contributed by atoms with Crippen LogP contribution in [0.4, 0.5) is 5.69 Å². The van der Waals surface area contributed by atoms with Gasteiger partial charge in [0.2, 0.25) is 5.91 Å². The highest BCUT2D eigenvalue weighted by atomic mass is 32.2. The first-order valence-electron chi connectivity index (χ1n) is 9.88. The first-order chi connectivity index (χ1) is 15.0. The smallest absolute Gasteiger partial charge is 0.262 e. The summed E-state index contributed by atoms with van der Waals surface area (Å²) < 4.78 is 1.51. The molecule has 0 atom stereocenters. The number of nitrogens with zero attached hydrogens (tertiary/aromatic N) is 3. The molecule has 0 unspecified atom stereocenters. The van der Waals surface area contributed by atoms with Gasteiger partial charge in [-0.05, 0) is 55.3 Å². The molecular formula is C23H22N4O2S2. The molecule has 0 radical (unpaired) electrons. The fourth-order valence-corrected chi connectivity index (χ4v) is 4.98. The Kier molecular flexibility index (Phi) is 6.48. The summed E-state index contributed by atoms with van der Waals surface area (Å²) in [5.41, 5.74) is 2.79. The highest BCUT2D eigenvalue weighted by Gasteiger charge is 2.13. The maximum absolute atomic E-state index is 12.7. The van der Waals surface area contributed by atoms with Crippen LogP contribution in [0.5, 0.6) is 0 Å². The zero-order valence-corrected chi connectivity index (χ0v) is 18.9. The number of amides is 1. The van der Waals surface area contributed by atoms with Crippen LogP contribution in [0.3, 0.4) is 0 Å². The fraction of sp³-hybridized carbons (Fsp3) is 0.217. The summed E-state index contributed by atoms with van der Waals surface area (Å²) in [7, 11) is 0. The Morgan fingerprint density at radius 3 is 2.74 bits per heavy atom. The van der Waals surface area contributed by atoms with Crippen molar-refractivity contribution in [1.29, 1.82) is 0 Å². The maximum atomic E-state index is 12.7. The number of hydrogen-bond acceptors (Lipinski definition) is 6. The van der Waals surface area contributed by atoms with Crippen molar-refractivity contribution in [2.75, 3.05) is 5.32 Å². The highest BCUT2D eigenvalue weighted by molar-refractivity contribution is 7.98. The van der Waals surface area contributed by atoms with E-state index in [1.54, 1.807) is 18.0 Å². The van der Waals surface area contributed by atoms with Crippen LogP contribution in [0, 0.1) is 13.8 Å². The van der Waals surface area contributed by atoms with Gasteiger partial charge in [-0.15, -0.1) is 23.1 Å². The number of anilines is 1. The first kappa shape index (κ1) is 21.3. The van der Waals surface area contributed by atoms with Crippen LogP contribution in [0.2, 0.25) is 0 Å². The molecule has 1 amide bonds. The molecule has 0 saturated carbocycles. The molecule has 0 fully saturated rings. The van der Waals surface area contributed by atoms with Gasteiger partial charge in [0.1, 0.15) is 4.83 Å². The molecular weight excluding hydrogens is 428 g/mol. The largest absolute Gasteiger partial charge is 0.326 e. The lowest BCUT2D eigenvalue weighted by atomic mass is 10.2. The van der Waals surface area contributed by atoms with Crippen LogP contribution in [0.15, 0.2) is 64.8 Å². The minimum Gasteiger partial charge on any atom is -0.326 e. The number of nitrogens with one attached hydrogen (secondary N) is 1. The number of hydrogen-bond donors (Lipinski definition) is 1. The van der Waals surface area contributed by atoms with E-state index in [9.17, 15) is 9.59 Å². The number of rotatable bonds is 7. The first-order valence-corrected chi connectivity index (χ1v) is 11.7. The topological polar surface area (TPSA) is 76.9 Å². The molecule has 0 bridgehead atoms. The van der Waals surface area contributed by atoms with Gasteiger partial charge in [-0.25, -0.2) is 4.98 Å². The van der Waals surface area contributed by atoms with Crippen molar-refractivity contribution in [3.8, 4) is 0 Å². The summed E-state index contributed by atoms with van der Waals surface area (Å²) in [5.74, 6) is 0.705. The van der Waals surface area contributed by atoms with E-state index in [0.29, 0.717) is 11.9 Å². The molecule has 0 spiro atoms. The van der Waals surface area contributed by atoms with Crippen LogP contribution in [0.1, 0.15) is 22.4 Å². The van der Waals surface area contributed by atoms with Gasteiger partial charge in [0.25, 0.3) is 5.56 Å². The second-order valence-corrected chi connectivity index (χ2v) is 9.43. The van der Waals surface area contributed by atoms with Crippen LogP contribution in [-0.4, -0.2) is 20.4 Å². The van der Waals surface area contributed by atoms with Gasteiger partial charge in [-0.3, -0.25) is 19.1 Å². The summed E-state index contributed by atoms with van der Waals surface area (Å²) >= 11 is 3.24. The van der Waals surface area contributed by atoms with Crippen molar-refractivity contribution in [1.82, 2.24) is 14.5 Å². The van der Waals surface area contributed by atoms with Crippen molar-refractivity contribution < 1.29 is 4.79 Å². The van der Waals surface area contributed by atoms with Crippen molar-refractivity contribution in [3.63, 3.8) is 0 Å². The average Bonchev–Trinajstić information content (AvgIpc) is 3.08. The van der Waals surface area contributed by atoms with Gasteiger partial charge in [-0.1, -0.05) is 6.07 Å². The molecule has 3 heterocycles. The predicted molar refractivity (Wildman–Crippen MR) is 127 cm³/mol.